The van der Waals surface area contributed by atoms with E-state index >= 15 is 0 Å². The maximum Gasteiger partial charge on any atom is 0.336 e. The molecule has 2 aromatic rings. The van der Waals surface area contributed by atoms with Gasteiger partial charge in [0.2, 0.25) is 5.75 Å². The SMILES string of the molecule is COc1cc(/C(=C\c2cccc(OC)c2SC(=O)N(C)C)C(=O)O)cc(OC)c1OC. The summed E-state index contributed by atoms with van der Waals surface area (Å²) >= 11 is 0.955. The Balaban J connectivity index is 2.71. The van der Waals surface area contributed by atoms with Crippen LogP contribution in [0.25, 0.3) is 11.6 Å². The summed E-state index contributed by atoms with van der Waals surface area (Å²) in [6, 6.07) is 8.26. The molecule has 0 heterocycles. The Kier molecular flexibility index (Phi) is 8.21. The quantitative estimate of drug-likeness (QED) is 0.367. The van der Waals surface area contributed by atoms with Crippen molar-refractivity contribution in [3.8, 4) is 23.0 Å². The first kappa shape index (κ1) is 23.9. The van der Waals surface area contributed by atoms with Gasteiger partial charge in [0.25, 0.3) is 5.24 Å². The van der Waals surface area contributed by atoms with Gasteiger partial charge >= 0.3 is 5.97 Å². The highest BCUT2D eigenvalue weighted by molar-refractivity contribution is 8.13. The largest absolute Gasteiger partial charge is 0.496 e. The summed E-state index contributed by atoms with van der Waals surface area (Å²) in [4.78, 5) is 26.4. The second-order valence-electron chi connectivity index (χ2n) is 6.42. The van der Waals surface area contributed by atoms with Crippen LogP contribution < -0.4 is 18.9 Å². The predicted molar refractivity (Wildman–Crippen MR) is 120 cm³/mol. The molecule has 2 rings (SSSR count). The van der Waals surface area contributed by atoms with E-state index < -0.39 is 5.97 Å². The second kappa shape index (κ2) is 10.6. The van der Waals surface area contributed by atoms with E-state index in [9.17, 15) is 14.7 Å². The fraction of sp³-hybridized carbons (Fsp3) is 0.273. The van der Waals surface area contributed by atoms with Crippen LogP contribution in [-0.2, 0) is 4.79 Å². The highest BCUT2D eigenvalue weighted by Crippen LogP contribution is 2.41. The molecule has 1 N–H and O–H groups in total. The predicted octanol–water partition coefficient (Wildman–Crippen LogP) is 4.12. The van der Waals surface area contributed by atoms with Gasteiger partial charge in [0.15, 0.2) is 11.5 Å². The van der Waals surface area contributed by atoms with Crippen molar-refractivity contribution in [1.82, 2.24) is 4.90 Å². The van der Waals surface area contributed by atoms with Crippen molar-refractivity contribution in [2.45, 2.75) is 4.90 Å². The molecule has 0 aliphatic carbocycles. The van der Waals surface area contributed by atoms with Gasteiger partial charge < -0.3 is 29.0 Å². The Morgan fingerprint density at radius 3 is 1.97 bits per heavy atom. The number of hydrogen-bond donors (Lipinski definition) is 1. The van der Waals surface area contributed by atoms with Crippen molar-refractivity contribution in [3.63, 3.8) is 0 Å². The summed E-state index contributed by atoms with van der Waals surface area (Å²) in [6.07, 6.45) is 1.48. The third-order valence-corrected chi connectivity index (χ3v) is 5.47. The van der Waals surface area contributed by atoms with Gasteiger partial charge in [-0.25, -0.2) is 4.79 Å². The third kappa shape index (κ3) is 5.43. The van der Waals surface area contributed by atoms with E-state index in [1.165, 1.54) is 39.4 Å². The molecule has 0 atom stereocenters. The molecule has 2 aromatic carbocycles. The Morgan fingerprint density at radius 1 is 0.935 bits per heavy atom. The molecule has 8 nitrogen and oxygen atoms in total. The lowest BCUT2D eigenvalue weighted by Crippen LogP contribution is -2.16. The number of carboxylic acid groups (broad SMARTS) is 1. The van der Waals surface area contributed by atoms with Gasteiger partial charge in [0.1, 0.15) is 5.75 Å². The maximum atomic E-state index is 12.3. The van der Waals surface area contributed by atoms with E-state index in [1.807, 2.05) is 0 Å². The first-order chi connectivity index (χ1) is 14.8. The van der Waals surface area contributed by atoms with E-state index in [-0.39, 0.29) is 10.8 Å². The minimum atomic E-state index is -1.16. The molecule has 31 heavy (non-hydrogen) atoms. The molecule has 166 valence electrons. The summed E-state index contributed by atoms with van der Waals surface area (Å²) < 4.78 is 21.4. The highest BCUT2D eigenvalue weighted by atomic mass is 32.2. The summed E-state index contributed by atoms with van der Waals surface area (Å²) in [5, 5.41) is 9.72. The average Bonchev–Trinajstić information content (AvgIpc) is 2.76. The summed E-state index contributed by atoms with van der Waals surface area (Å²) in [7, 11) is 9.14. The molecular formula is C22H25NO7S. The number of carbonyl (C=O) groups is 2. The summed E-state index contributed by atoms with van der Waals surface area (Å²) in [6.45, 7) is 0. The van der Waals surface area contributed by atoms with Crippen LogP contribution in [0.4, 0.5) is 4.79 Å². The number of hydrogen-bond acceptors (Lipinski definition) is 7. The van der Waals surface area contributed by atoms with E-state index in [0.717, 1.165) is 11.8 Å². The zero-order valence-electron chi connectivity index (χ0n) is 18.2. The summed E-state index contributed by atoms with van der Waals surface area (Å²) in [5.41, 5.74) is 0.845. The molecule has 0 saturated carbocycles. The molecule has 0 fully saturated rings. The number of benzene rings is 2. The molecule has 0 spiro atoms. The van der Waals surface area contributed by atoms with E-state index in [4.69, 9.17) is 18.9 Å². The van der Waals surface area contributed by atoms with Crippen molar-refractivity contribution >= 4 is 34.6 Å². The lowest BCUT2D eigenvalue weighted by molar-refractivity contribution is -0.130. The Labute approximate surface area is 185 Å². The van der Waals surface area contributed by atoms with Gasteiger partial charge in [-0.05, 0) is 47.2 Å². The number of carbonyl (C=O) groups excluding carboxylic acids is 1. The molecule has 0 unspecified atom stereocenters. The van der Waals surface area contributed by atoms with Crippen LogP contribution in [0.15, 0.2) is 35.2 Å². The zero-order valence-corrected chi connectivity index (χ0v) is 19.0. The van der Waals surface area contributed by atoms with Gasteiger partial charge in [-0.3, -0.25) is 4.79 Å². The Bertz CT molecular complexity index is 976. The van der Waals surface area contributed by atoms with Gasteiger partial charge in [0.05, 0.1) is 38.9 Å². The number of amides is 1. The van der Waals surface area contributed by atoms with E-state index in [1.54, 1.807) is 44.4 Å². The topological polar surface area (TPSA) is 94.5 Å². The molecular weight excluding hydrogens is 422 g/mol. The average molecular weight is 448 g/mol. The zero-order chi connectivity index (χ0) is 23.1. The number of aliphatic carboxylic acids is 1. The first-order valence-electron chi connectivity index (χ1n) is 9.08. The number of carboxylic acids is 1. The smallest absolute Gasteiger partial charge is 0.336 e. The van der Waals surface area contributed by atoms with Crippen LogP contribution in [0.1, 0.15) is 11.1 Å². The fourth-order valence-corrected chi connectivity index (χ4v) is 3.61. The van der Waals surface area contributed by atoms with Crippen LogP contribution in [0.2, 0.25) is 0 Å². The molecule has 0 radical (unpaired) electrons. The van der Waals surface area contributed by atoms with Crippen molar-refractivity contribution in [1.29, 1.82) is 0 Å². The lowest BCUT2D eigenvalue weighted by Gasteiger charge is -2.16. The fourth-order valence-electron chi connectivity index (χ4n) is 2.76. The van der Waals surface area contributed by atoms with Crippen LogP contribution in [0.5, 0.6) is 23.0 Å². The van der Waals surface area contributed by atoms with E-state index in [0.29, 0.717) is 39.0 Å². The molecule has 1 amide bonds. The van der Waals surface area contributed by atoms with Crippen LogP contribution in [0.3, 0.4) is 0 Å². The van der Waals surface area contributed by atoms with Gasteiger partial charge in [0, 0.05) is 14.1 Å². The number of rotatable bonds is 8. The minimum absolute atomic E-state index is 0.0216. The van der Waals surface area contributed by atoms with Crippen molar-refractivity contribution < 1.29 is 33.6 Å². The monoisotopic (exact) mass is 447 g/mol. The van der Waals surface area contributed by atoms with Crippen LogP contribution in [-0.4, -0.2) is 63.7 Å². The minimum Gasteiger partial charge on any atom is -0.496 e. The molecule has 0 aliphatic rings. The molecule has 0 aromatic heterocycles. The van der Waals surface area contributed by atoms with Crippen molar-refractivity contribution in [2.75, 3.05) is 42.5 Å². The second-order valence-corrected chi connectivity index (χ2v) is 7.38. The highest BCUT2D eigenvalue weighted by Gasteiger charge is 2.21. The molecule has 0 bridgehead atoms. The number of nitrogens with zero attached hydrogens (tertiary/aromatic N) is 1. The number of ether oxygens (including phenoxy) is 4. The van der Waals surface area contributed by atoms with Gasteiger partial charge in [-0.2, -0.15) is 0 Å². The van der Waals surface area contributed by atoms with Crippen LogP contribution >= 0.6 is 11.8 Å². The first-order valence-corrected chi connectivity index (χ1v) is 9.90. The molecule has 9 heteroatoms. The van der Waals surface area contributed by atoms with Gasteiger partial charge in [-0.15, -0.1) is 0 Å². The van der Waals surface area contributed by atoms with Crippen LogP contribution in [0, 0.1) is 0 Å². The maximum absolute atomic E-state index is 12.3. The van der Waals surface area contributed by atoms with Crippen molar-refractivity contribution in [2.24, 2.45) is 0 Å². The standard InChI is InChI=1S/C22H25NO7S/c1-23(2)22(26)31-20-13(8-7-9-16(20)27-3)10-15(21(24)25)14-11-17(28-4)19(30-6)18(12-14)29-5/h7-12H,1-6H3,(H,24,25)/b15-10+. The lowest BCUT2D eigenvalue weighted by atomic mass is 10.0. The molecule has 0 aliphatic heterocycles. The Morgan fingerprint density at radius 2 is 1.52 bits per heavy atom. The van der Waals surface area contributed by atoms with Gasteiger partial charge in [-0.1, -0.05) is 12.1 Å². The van der Waals surface area contributed by atoms with E-state index in [2.05, 4.69) is 0 Å². The normalized spacial score (nSPS) is 11.0. The third-order valence-electron chi connectivity index (χ3n) is 4.29. The summed E-state index contributed by atoms with van der Waals surface area (Å²) in [5.74, 6) is 0.308. The Hall–Kier alpha value is -3.33. The van der Waals surface area contributed by atoms with Crippen molar-refractivity contribution in [3.05, 3.63) is 41.5 Å². The number of methoxy groups -OCH3 is 4. The number of thioether (sulfide) groups is 1. The molecule has 0 saturated heterocycles.